The highest BCUT2D eigenvalue weighted by molar-refractivity contribution is 6.01. The fraction of sp³-hybridized carbons (Fsp3) is 0.174. The number of para-hydroxylation sites is 1. The number of hydrogen-bond donors (Lipinski definition) is 1. The Balaban J connectivity index is 1.76. The first-order valence-electron chi connectivity index (χ1n) is 9.40. The first kappa shape index (κ1) is 19.7. The van der Waals surface area contributed by atoms with Gasteiger partial charge in [-0.3, -0.25) is 4.79 Å². The van der Waals surface area contributed by atoms with Crippen molar-refractivity contribution in [2.75, 3.05) is 12.4 Å². The Kier molecular flexibility index (Phi) is 5.52. The smallest absolute Gasteiger partial charge is 0.387 e. The van der Waals surface area contributed by atoms with Gasteiger partial charge in [-0.15, -0.1) is 0 Å². The Morgan fingerprint density at radius 1 is 1.00 bits per heavy atom. The summed E-state index contributed by atoms with van der Waals surface area (Å²) in [4.78, 5) is 15.0. The van der Waals surface area contributed by atoms with Crippen LogP contribution in [0, 0.1) is 0 Å². The summed E-state index contributed by atoms with van der Waals surface area (Å²) in [5, 5.41) is 3.35. The van der Waals surface area contributed by atoms with E-state index in [1.807, 2.05) is 42.5 Å². The lowest BCUT2D eigenvalue weighted by molar-refractivity contribution is -0.0513. The third kappa shape index (κ3) is 3.91. The SMILES string of the molecule is COc1ccc([C@H]2Nc3ccccc3C(=O)N2Cc2ccccc2)cc1OC(F)F. The zero-order valence-electron chi connectivity index (χ0n) is 16.2. The van der Waals surface area contributed by atoms with Crippen LogP contribution in [0.25, 0.3) is 0 Å². The average Bonchev–Trinajstić information content (AvgIpc) is 2.76. The number of ether oxygens (including phenoxy) is 2. The van der Waals surface area contributed by atoms with Gasteiger partial charge in [0.25, 0.3) is 5.91 Å². The van der Waals surface area contributed by atoms with Crippen molar-refractivity contribution in [1.82, 2.24) is 4.90 Å². The first-order chi connectivity index (χ1) is 14.6. The molecule has 0 radical (unpaired) electrons. The van der Waals surface area contributed by atoms with Gasteiger partial charge < -0.3 is 19.7 Å². The molecule has 0 bridgehead atoms. The molecule has 1 amide bonds. The van der Waals surface area contributed by atoms with E-state index in [4.69, 9.17) is 4.74 Å². The van der Waals surface area contributed by atoms with Crippen molar-refractivity contribution in [2.24, 2.45) is 0 Å². The van der Waals surface area contributed by atoms with Crippen molar-refractivity contribution >= 4 is 11.6 Å². The number of nitrogens with zero attached hydrogens (tertiary/aromatic N) is 1. The number of rotatable bonds is 6. The number of fused-ring (bicyclic) bond motifs is 1. The maximum absolute atomic E-state index is 13.3. The molecule has 154 valence electrons. The number of amides is 1. The van der Waals surface area contributed by atoms with E-state index in [2.05, 4.69) is 10.1 Å². The third-order valence-electron chi connectivity index (χ3n) is 4.94. The summed E-state index contributed by atoms with van der Waals surface area (Å²) in [5.41, 5.74) is 2.80. The number of carbonyl (C=O) groups is 1. The predicted molar refractivity (Wildman–Crippen MR) is 109 cm³/mol. The molecule has 5 nitrogen and oxygen atoms in total. The van der Waals surface area contributed by atoms with E-state index in [0.717, 1.165) is 5.56 Å². The van der Waals surface area contributed by atoms with Crippen molar-refractivity contribution in [2.45, 2.75) is 19.3 Å². The van der Waals surface area contributed by atoms with E-state index in [1.54, 1.807) is 29.2 Å². The molecule has 0 saturated carbocycles. The number of hydrogen-bond acceptors (Lipinski definition) is 4. The normalized spacial score (nSPS) is 15.5. The molecule has 0 unspecified atom stereocenters. The molecule has 1 aliphatic rings. The van der Waals surface area contributed by atoms with Gasteiger partial charge in [0.15, 0.2) is 11.5 Å². The monoisotopic (exact) mass is 410 g/mol. The van der Waals surface area contributed by atoms with Crippen LogP contribution in [0.3, 0.4) is 0 Å². The molecule has 30 heavy (non-hydrogen) atoms. The van der Waals surface area contributed by atoms with E-state index in [9.17, 15) is 13.6 Å². The summed E-state index contributed by atoms with van der Waals surface area (Å²) in [6.07, 6.45) is -0.571. The largest absolute Gasteiger partial charge is 0.493 e. The number of nitrogens with one attached hydrogen (secondary N) is 1. The quantitative estimate of drug-likeness (QED) is 0.617. The molecule has 0 aliphatic carbocycles. The molecule has 4 rings (SSSR count). The Hall–Kier alpha value is -3.61. The first-order valence-corrected chi connectivity index (χ1v) is 9.40. The van der Waals surface area contributed by atoms with E-state index in [-0.39, 0.29) is 17.4 Å². The third-order valence-corrected chi connectivity index (χ3v) is 4.94. The van der Waals surface area contributed by atoms with Gasteiger partial charge >= 0.3 is 6.61 Å². The lowest BCUT2D eigenvalue weighted by atomic mass is 10.0. The summed E-state index contributed by atoms with van der Waals surface area (Å²) in [5.74, 6) is -0.0423. The highest BCUT2D eigenvalue weighted by Crippen LogP contribution is 2.38. The number of benzene rings is 3. The van der Waals surface area contributed by atoms with Crippen LogP contribution >= 0.6 is 0 Å². The maximum atomic E-state index is 13.3. The van der Waals surface area contributed by atoms with Crippen LogP contribution in [0.5, 0.6) is 11.5 Å². The number of halogens is 2. The fourth-order valence-electron chi connectivity index (χ4n) is 3.55. The second-order valence-corrected chi connectivity index (χ2v) is 6.80. The number of alkyl halides is 2. The molecule has 0 spiro atoms. The summed E-state index contributed by atoms with van der Waals surface area (Å²) >= 11 is 0. The molecule has 1 N–H and O–H groups in total. The van der Waals surface area contributed by atoms with Crippen LogP contribution < -0.4 is 14.8 Å². The molecule has 0 saturated heterocycles. The number of carbonyl (C=O) groups excluding carboxylic acids is 1. The Morgan fingerprint density at radius 2 is 1.73 bits per heavy atom. The highest BCUT2D eigenvalue weighted by Gasteiger charge is 2.33. The molecule has 7 heteroatoms. The number of anilines is 1. The minimum atomic E-state index is -2.99. The lowest BCUT2D eigenvalue weighted by Crippen LogP contribution is -2.42. The lowest BCUT2D eigenvalue weighted by Gasteiger charge is -2.38. The Bertz CT molecular complexity index is 1040. The minimum Gasteiger partial charge on any atom is -0.493 e. The molecule has 0 fully saturated rings. The van der Waals surface area contributed by atoms with Crippen LogP contribution in [0.15, 0.2) is 72.8 Å². The second kappa shape index (κ2) is 8.41. The Labute approximate surface area is 172 Å². The van der Waals surface area contributed by atoms with E-state index in [1.165, 1.54) is 13.2 Å². The van der Waals surface area contributed by atoms with Gasteiger partial charge in [-0.05, 0) is 35.4 Å². The van der Waals surface area contributed by atoms with E-state index >= 15 is 0 Å². The predicted octanol–water partition coefficient (Wildman–Crippen LogP) is 5.06. The van der Waals surface area contributed by atoms with Crippen LogP contribution in [0.2, 0.25) is 0 Å². The van der Waals surface area contributed by atoms with Crippen molar-refractivity contribution in [3.05, 3.63) is 89.5 Å². The van der Waals surface area contributed by atoms with Crippen LogP contribution in [0.1, 0.15) is 27.7 Å². The molecule has 1 heterocycles. The van der Waals surface area contributed by atoms with Gasteiger partial charge in [-0.2, -0.15) is 8.78 Å². The summed E-state index contributed by atoms with van der Waals surface area (Å²) < 4.78 is 35.5. The standard InChI is InChI=1S/C23H20F2N2O3/c1-29-19-12-11-16(13-20(19)30-23(24)25)21-26-18-10-6-5-9-17(18)22(28)27(21)14-15-7-3-2-4-8-15/h2-13,21,23,26H,14H2,1H3/t21-/m0/s1. The van der Waals surface area contributed by atoms with Crippen LogP contribution in [0.4, 0.5) is 14.5 Å². The Morgan fingerprint density at radius 3 is 2.47 bits per heavy atom. The number of methoxy groups -OCH3 is 1. The highest BCUT2D eigenvalue weighted by atomic mass is 19.3. The molecular formula is C23H20F2N2O3. The van der Waals surface area contributed by atoms with Gasteiger partial charge in [0.05, 0.1) is 12.7 Å². The van der Waals surface area contributed by atoms with E-state index in [0.29, 0.717) is 23.4 Å². The zero-order valence-corrected chi connectivity index (χ0v) is 16.2. The van der Waals surface area contributed by atoms with Crippen molar-refractivity contribution in [3.63, 3.8) is 0 Å². The van der Waals surface area contributed by atoms with Crippen LogP contribution in [-0.2, 0) is 6.54 Å². The zero-order chi connectivity index (χ0) is 21.1. The fourth-order valence-corrected chi connectivity index (χ4v) is 3.55. The summed E-state index contributed by atoms with van der Waals surface area (Å²) in [6, 6.07) is 21.6. The molecule has 3 aromatic rings. The van der Waals surface area contributed by atoms with Crippen molar-refractivity contribution in [1.29, 1.82) is 0 Å². The molecule has 3 aromatic carbocycles. The van der Waals surface area contributed by atoms with E-state index < -0.39 is 12.8 Å². The molecule has 1 aliphatic heterocycles. The van der Waals surface area contributed by atoms with Crippen LogP contribution in [-0.4, -0.2) is 24.5 Å². The molecule has 0 aromatic heterocycles. The van der Waals surface area contributed by atoms with Gasteiger partial charge in [0.2, 0.25) is 0 Å². The summed E-state index contributed by atoms with van der Waals surface area (Å²) in [7, 11) is 1.38. The van der Waals surface area contributed by atoms with Crippen molar-refractivity contribution in [3.8, 4) is 11.5 Å². The van der Waals surface area contributed by atoms with Crippen molar-refractivity contribution < 1.29 is 23.0 Å². The van der Waals surface area contributed by atoms with Gasteiger partial charge in [0, 0.05) is 12.2 Å². The minimum absolute atomic E-state index is 0.0854. The maximum Gasteiger partial charge on any atom is 0.387 e. The van der Waals surface area contributed by atoms with Gasteiger partial charge in [0.1, 0.15) is 6.17 Å². The second-order valence-electron chi connectivity index (χ2n) is 6.80. The van der Waals surface area contributed by atoms with Gasteiger partial charge in [-0.25, -0.2) is 0 Å². The van der Waals surface area contributed by atoms with Gasteiger partial charge in [-0.1, -0.05) is 48.5 Å². The molecular weight excluding hydrogens is 390 g/mol. The molecule has 1 atom stereocenters. The topological polar surface area (TPSA) is 50.8 Å². The average molecular weight is 410 g/mol. The summed E-state index contributed by atoms with van der Waals surface area (Å²) in [6.45, 7) is -2.64.